The number of nitrogens with one attached hydrogen (secondary N) is 1. The topological polar surface area (TPSA) is 102 Å². The molecule has 0 bridgehead atoms. The minimum absolute atomic E-state index is 0.102. The third kappa shape index (κ3) is 5.23. The van der Waals surface area contributed by atoms with Gasteiger partial charge < -0.3 is 15.0 Å². The van der Waals surface area contributed by atoms with E-state index in [0.717, 1.165) is 5.56 Å². The van der Waals surface area contributed by atoms with Gasteiger partial charge in [-0.3, -0.25) is 9.59 Å². The van der Waals surface area contributed by atoms with Crippen LogP contribution in [0.15, 0.2) is 36.5 Å². The fraction of sp³-hybridized carbons (Fsp3) is 0.318. The van der Waals surface area contributed by atoms with Crippen LogP contribution in [-0.2, 0) is 4.79 Å². The Morgan fingerprint density at radius 1 is 1.16 bits per heavy atom. The van der Waals surface area contributed by atoms with Crippen LogP contribution >= 0.6 is 11.6 Å². The van der Waals surface area contributed by atoms with Gasteiger partial charge in [-0.2, -0.15) is 5.10 Å². The van der Waals surface area contributed by atoms with Gasteiger partial charge >= 0.3 is 0 Å². The van der Waals surface area contributed by atoms with Crippen molar-refractivity contribution in [2.45, 2.75) is 27.7 Å². The first kappa shape index (κ1) is 23.2. The molecule has 10 heteroatoms. The Morgan fingerprint density at radius 3 is 2.59 bits per heavy atom. The van der Waals surface area contributed by atoms with Gasteiger partial charge in [0.2, 0.25) is 11.8 Å². The summed E-state index contributed by atoms with van der Waals surface area (Å²) < 4.78 is 6.83. The molecule has 2 amide bonds. The number of amides is 2. The number of anilines is 1. The molecule has 0 spiro atoms. The Morgan fingerprint density at radius 2 is 1.94 bits per heavy atom. The lowest BCUT2D eigenvalue weighted by atomic mass is 10.2. The maximum Gasteiger partial charge on any atom is 0.257 e. The van der Waals surface area contributed by atoms with E-state index in [1.807, 2.05) is 26.8 Å². The third-order valence-electron chi connectivity index (χ3n) is 4.85. The number of likely N-dealkylation sites (N-methyl/N-ethyl adjacent to an activating group) is 1. The lowest BCUT2D eigenvalue weighted by Gasteiger charge is -2.20. The highest BCUT2D eigenvalue weighted by atomic mass is 35.5. The number of carbonyl (C=O) groups is 2. The van der Waals surface area contributed by atoms with E-state index in [9.17, 15) is 9.59 Å². The summed E-state index contributed by atoms with van der Waals surface area (Å²) in [5, 5.41) is 15.7. The van der Waals surface area contributed by atoms with E-state index in [2.05, 4.69) is 20.6 Å². The summed E-state index contributed by atoms with van der Waals surface area (Å²) in [6, 6.07) is 8.66. The molecule has 3 rings (SSSR count). The predicted molar refractivity (Wildman–Crippen MR) is 121 cm³/mol. The molecule has 0 atom stereocenters. The number of hydrogen-bond acceptors (Lipinski definition) is 6. The molecule has 0 fully saturated rings. The van der Waals surface area contributed by atoms with E-state index in [0.29, 0.717) is 46.8 Å². The summed E-state index contributed by atoms with van der Waals surface area (Å²) in [5.41, 5.74) is 2.47. The molecule has 9 nitrogen and oxygen atoms in total. The van der Waals surface area contributed by atoms with Crippen LogP contribution in [0.2, 0.25) is 5.02 Å². The predicted octanol–water partition coefficient (Wildman–Crippen LogP) is 3.43. The molecule has 32 heavy (non-hydrogen) atoms. The maximum absolute atomic E-state index is 13.1. The number of rotatable bonds is 8. The largest absolute Gasteiger partial charge is 0.477 e. The highest BCUT2D eigenvalue weighted by Crippen LogP contribution is 2.20. The molecule has 0 aliphatic rings. The van der Waals surface area contributed by atoms with Gasteiger partial charge in [0.1, 0.15) is 6.54 Å². The molecule has 0 aliphatic carbocycles. The molecular formula is C22H25ClN6O3. The van der Waals surface area contributed by atoms with Crippen molar-refractivity contribution < 1.29 is 14.3 Å². The van der Waals surface area contributed by atoms with Crippen LogP contribution in [-0.4, -0.2) is 56.4 Å². The van der Waals surface area contributed by atoms with Crippen molar-refractivity contribution in [2.24, 2.45) is 0 Å². The Hall–Kier alpha value is -3.46. The molecule has 2 heterocycles. The Bertz CT molecular complexity index is 1110. The van der Waals surface area contributed by atoms with Gasteiger partial charge in [-0.15, -0.1) is 10.2 Å². The number of nitrogens with zero attached hydrogens (tertiary/aromatic N) is 5. The van der Waals surface area contributed by atoms with E-state index < -0.39 is 0 Å². The monoisotopic (exact) mass is 456 g/mol. The molecule has 1 aromatic carbocycles. The highest BCUT2D eigenvalue weighted by Gasteiger charge is 2.23. The second kappa shape index (κ2) is 10.2. The van der Waals surface area contributed by atoms with Crippen LogP contribution in [0.3, 0.4) is 0 Å². The zero-order chi connectivity index (χ0) is 23.3. The molecule has 3 aromatic rings. The van der Waals surface area contributed by atoms with E-state index >= 15 is 0 Å². The van der Waals surface area contributed by atoms with E-state index in [1.54, 1.807) is 31.2 Å². The van der Waals surface area contributed by atoms with Crippen molar-refractivity contribution in [3.05, 3.63) is 58.4 Å². The van der Waals surface area contributed by atoms with E-state index in [4.69, 9.17) is 16.3 Å². The van der Waals surface area contributed by atoms with Crippen molar-refractivity contribution >= 4 is 29.1 Å². The number of carbonyl (C=O) groups excluding carboxylic acids is 2. The molecule has 0 unspecified atom stereocenters. The van der Waals surface area contributed by atoms with Crippen LogP contribution in [0.4, 0.5) is 5.69 Å². The van der Waals surface area contributed by atoms with Crippen LogP contribution < -0.4 is 10.1 Å². The van der Waals surface area contributed by atoms with Crippen LogP contribution in [0, 0.1) is 13.8 Å². The first-order chi connectivity index (χ1) is 15.3. The zero-order valence-corrected chi connectivity index (χ0v) is 19.2. The summed E-state index contributed by atoms with van der Waals surface area (Å²) >= 11 is 6.02. The quantitative estimate of drug-likeness (QED) is 0.557. The average molecular weight is 457 g/mol. The zero-order valence-electron chi connectivity index (χ0n) is 18.4. The number of halogens is 1. The molecule has 2 aromatic heterocycles. The van der Waals surface area contributed by atoms with Gasteiger partial charge in [-0.1, -0.05) is 17.7 Å². The van der Waals surface area contributed by atoms with Gasteiger partial charge in [0.15, 0.2) is 5.82 Å². The molecule has 0 saturated heterocycles. The minimum atomic E-state index is -0.312. The third-order valence-corrected chi connectivity index (χ3v) is 5.09. The van der Waals surface area contributed by atoms with Crippen molar-refractivity contribution in [3.63, 3.8) is 0 Å². The van der Waals surface area contributed by atoms with Gasteiger partial charge in [0.25, 0.3) is 5.91 Å². The van der Waals surface area contributed by atoms with Crippen molar-refractivity contribution in [1.29, 1.82) is 0 Å². The normalized spacial score (nSPS) is 10.7. The van der Waals surface area contributed by atoms with Gasteiger partial charge in [0, 0.05) is 23.3 Å². The molecule has 0 saturated carbocycles. The van der Waals surface area contributed by atoms with Crippen molar-refractivity contribution in [3.8, 4) is 11.7 Å². The number of ether oxygens (including phenoxy) is 1. The maximum atomic E-state index is 13.1. The average Bonchev–Trinajstić information content (AvgIpc) is 3.16. The smallest absolute Gasteiger partial charge is 0.257 e. The molecular weight excluding hydrogens is 432 g/mol. The standard InChI is InChI=1S/C22H25ClN6O3/c1-5-28(13-20(30)25-18-11-16(23)8-7-14(18)3)22(31)17-12-24-29(15(17)4)19-9-10-21(27-26-19)32-6-2/h7-12H,5-6,13H2,1-4H3,(H,25,30). The van der Waals surface area contributed by atoms with Gasteiger partial charge in [-0.05, 0) is 51.5 Å². The first-order valence-electron chi connectivity index (χ1n) is 10.2. The first-order valence-corrected chi connectivity index (χ1v) is 10.6. The lowest BCUT2D eigenvalue weighted by molar-refractivity contribution is -0.116. The molecule has 0 radical (unpaired) electrons. The molecule has 168 valence electrons. The molecule has 1 N–H and O–H groups in total. The van der Waals surface area contributed by atoms with Crippen LogP contribution in [0.25, 0.3) is 5.82 Å². The number of aryl methyl sites for hydroxylation is 1. The summed E-state index contributed by atoms with van der Waals surface area (Å²) in [6.07, 6.45) is 1.47. The second-order valence-electron chi connectivity index (χ2n) is 7.04. The van der Waals surface area contributed by atoms with E-state index in [-0.39, 0.29) is 18.4 Å². The fourth-order valence-electron chi connectivity index (χ4n) is 3.09. The van der Waals surface area contributed by atoms with Crippen LogP contribution in [0.1, 0.15) is 35.5 Å². The summed E-state index contributed by atoms with van der Waals surface area (Å²) in [7, 11) is 0. The Balaban J connectivity index is 1.74. The van der Waals surface area contributed by atoms with Crippen molar-refractivity contribution in [2.75, 3.05) is 25.0 Å². The summed E-state index contributed by atoms with van der Waals surface area (Å²) in [6.45, 7) is 8.06. The summed E-state index contributed by atoms with van der Waals surface area (Å²) in [5.74, 6) is 0.263. The molecule has 0 aliphatic heterocycles. The summed E-state index contributed by atoms with van der Waals surface area (Å²) in [4.78, 5) is 27.1. The van der Waals surface area contributed by atoms with Crippen molar-refractivity contribution in [1.82, 2.24) is 24.9 Å². The number of benzene rings is 1. The lowest BCUT2D eigenvalue weighted by Crippen LogP contribution is -2.38. The fourth-order valence-corrected chi connectivity index (χ4v) is 3.26. The van der Waals surface area contributed by atoms with Gasteiger partial charge in [-0.25, -0.2) is 4.68 Å². The van der Waals surface area contributed by atoms with Crippen LogP contribution in [0.5, 0.6) is 5.88 Å². The second-order valence-corrected chi connectivity index (χ2v) is 7.48. The Labute approximate surface area is 191 Å². The minimum Gasteiger partial charge on any atom is -0.477 e. The van der Waals surface area contributed by atoms with Gasteiger partial charge in [0.05, 0.1) is 24.1 Å². The number of hydrogen-bond donors (Lipinski definition) is 1. The Kier molecular flexibility index (Phi) is 7.42. The highest BCUT2D eigenvalue weighted by molar-refractivity contribution is 6.31. The number of aromatic nitrogens is 4. The van der Waals surface area contributed by atoms with E-state index in [1.165, 1.54) is 15.8 Å². The SMILES string of the molecule is CCOc1ccc(-n2ncc(C(=O)N(CC)CC(=O)Nc3cc(Cl)ccc3C)c2C)nn1.